The van der Waals surface area contributed by atoms with E-state index in [-0.39, 0.29) is 14.1 Å². The molecular weight excluding hydrogens is 179 g/mol. The van der Waals surface area contributed by atoms with Crippen LogP contribution in [0.4, 0.5) is 19.8 Å². The minimum absolute atomic E-state index is 0. The average Bonchev–Trinajstić information content (AvgIpc) is 1.77. The smallest absolute Gasteiger partial charge is 0.0407 e. The fraction of sp³-hybridized carbons (Fsp3) is 0. The summed E-state index contributed by atoms with van der Waals surface area (Å²) < 4.78 is 0. The minimum Gasteiger partial charge on any atom is -0.399 e. The summed E-state index contributed by atoms with van der Waals surface area (Å²) in [7, 11) is 0. The van der Waals surface area contributed by atoms with Gasteiger partial charge in [0.25, 0.3) is 0 Å². The van der Waals surface area contributed by atoms with E-state index in [1.165, 1.54) is 0 Å². The van der Waals surface area contributed by atoms with Crippen molar-refractivity contribution in [2.45, 2.75) is 0 Å². The van der Waals surface area contributed by atoms with Crippen molar-refractivity contribution in [2.75, 3.05) is 5.73 Å². The Morgan fingerprint density at radius 1 is 0.909 bits per heavy atom. The number of rotatable bonds is 0. The van der Waals surface area contributed by atoms with Crippen LogP contribution in [-0.2, 0) is 0 Å². The van der Waals surface area contributed by atoms with E-state index in [2.05, 4.69) is 0 Å². The van der Waals surface area contributed by atoms with E-state index in [4.69, 9.17) is 17.3 Å². The summed E-state index contributed by atoms with van der Waals surface area (Å²) in [6, 6.07) is 7.05. The third-order valence-corrected chi connectivity index (χ3v) is 1.12. The molecule has 1 aromatic rings. The van der Waals surface area contributed by atoms with Crippen molar-refractivity contribution in [3.63, 3.8) is 0 Å². The van der Waals surface area contributed by atoms with Crippen LogP contribution in [0.2, 0.25) is 5.02 Å². The van der Waals surface area contributed by atoms with E-state index in [0.29, 0.717) is 0 Å². The van der Waals surface area contributed by atoms with Crippen molar-refractivity contribution in [1.29, 1.82) is 0 Å². The highest BCUT2D eigenvalue weighted by atomic mass is 35.5. The van der Waals surface area contributed by atoms with Gasteiger partial charge in [-0.1, -0.05) is 11.6 Å². The first-order valence-electron chi connectivity index (χ1n) is 2.30. The molecule has 0 radical (unpaired) electrons. The summed E-state index contributed by atoms with van der Waals surface area (Å²) in [5, 5.41) is 0.721. The molecule has 0 saturated carbocycles. The molecule has 0 amide bonds. The second-order valence-corrected chi connectivity index (χ2v) is 1.99. The highest BCUT2D eigenvalue weighted by molar-refractivity contribution is 6.30. The second kappa shape index (κ2) is 7.21. The molecule has 0 heterocycles. The zero-order chi connectivity index (χ0) is 5.98. The third-order valence-electron chi connectivity index (χ3n) is 0.870. The topological polar surface area (TPSA) is 26.0 Å². The fourth-order valence-electron chi connectivity index (χ4n) is 0.463. The monoisotopic (exact) mass is 187 g/mol. The molecule has 0 aliphatic heterocycles. The molecule has 2 N–H and O–H groups in total. The summed E-state index contributed by atoms with van der Waals surface area (Å²) in [6.07, 6.45) is 0. The van der Waals surface area contributed by atoms with Crippen LogP contribution in [0.15, 0.2) is 24.3 Å². The number of nitrogens with two attached hydrogens (primary N) is 1. The van der Waals surface area contributed by atoms with Crippen molar-refractivity contribution in [2.24, 2.45) is 0 Å². The van der Waals surface area contributed by atoms with Gasteiger partial charge in [0.1, 0.15) is 0 Å². The molecule has 1 rings (SSSR count). The number of nitrogen functional groups attached to an aromatic ring is 1. The molecule has 1 nitrogen and oxygen atoms in total. The van der Waals surface area contributed by atoms with E-state index < -0.39 is 0 Å². The van der Waals surface area contributed by atoms with Gasteiger partial charge in [0.15, 0.2) is 0 Å². The maximum atomic E-state index is 5.56. The number of halogens is 4. The van der Waals surface area contributed by atoms with Crippen LogP contribution < -0.4 is 5.73 Å². The quantitative estimate of drug-likeness (QED) is 0.620. The lowest BCUT2D eigenvalue weighted by molar-refractivity contribution is 1.11. The second-order valence-electron chi connectivity index (χ2n) is 1.55. The molecule has 0 unspecified atom stereocenters. The lowest BCUT2D eigenvalue weighted by atomic mass is 10.3. The molecule has 0 saturated heterocycles. The lowest BCUT2D eigenvalue weighted by Crippen LogP contribution is -1.80. The predicted octanol–water partition coefficient (Wildman–Crippen LogP) is 2.38. The third kappa shape index (κ3) is 5.54. The molecular formula is C6H9ClF3N. The van der Waals surface area contributed by atoms with E-state index in [9.17, 15) is 0 Å². The number of benzene rings is 1. The maximum absolute atomic E-state index is 5.56. The van der Waals surface area contributed by atoms with Gasteiger partial charge >= 0.3 is 0 Å². The van der Waals surface area contributed by atoms with Gasteiger partial charge in [-0.3, -0.25) is 14.1 Å². The van der Waals surface area contributed by atoms with E-state index >= 15 is 0 Å². The van der Waals surface area contributed by atoms with Crippen molar-refractivity contribution in [3.8, 4) is 0 Å². The van der Waals surface area contributed by atoms with E-state index in [1.807, 2.05) is 0 Å². The lowest BCUT2D eigenvalue weighted by Gasteiger charge is -1.88. The van der Waals surface area contributed by atoms with Crippen molar-refractivity contribution < 1.29 is 14.1 Å². The number of anilines is 1. The molecule has 11 heavy (non-hydrogen) atoms. The number of hydrogen-bond acceptors (Lipinski definition) is 1. The van der Waals surface area contributed by atoms with Gasteiger partial charge in [-0.15, -0.1) is 0 Å². The minimum atomic E-state index is 0. The number of hydrogen-bond donors (Lipinski definition) is 1. The Bertz CT molecular complexity index is 157. The summed E-state index contributed by atoms with van der Waals surface area (Å²) in [6.45, 7) is 0. The van der Waals surface area contributed by atoms with Crippen LogP contribution >= 0.6 is 11.6 Å². The van der Waals surface area contributed by atoms with Gasteiger partial charge in [0.05, 0.1) is 0 Å². The Balaban J connectivity index is -0.000000213. The molecule has 0 aromatic heterocycles. The van der Waals surface area contributed by atoms with Crippen molar-refractivity contribution >= 4 is 17.3 Å². The molecule has 1 aromatic carbocycles. The Morgan fingerprint density at radius 3 is 1.55 bits per heavy atom. The Kier molecular flexibility index (Phi) is 10.9. The fourth-order valence-corrected chi connectivity index (χ4v) is 0.589. The molecule has 0 aliphatic rings. The van der Waals surface area contributed by atoms with E-state index in [1.54, 1.807) is 24.3 Å². The highest BCUT2D eigenvalue weighted by Gasteiger charge is 1.82. The standard InChI is InChI=1S/C6H6ClN.3FH/c7-5-1-3-6(8)4-2-5;;;/h1-4H,8H2;3*1H. The van der Waals surface area contributed by atoms with Crippen molar-refractivity contribution in [3.05, 3.63) is 29.3 Å². The van der Waals surface area contributed by atoms with Crippen LogP contribution in [0, 0.1) is 0 Å². The summed E-state index contributed by atoms with van der Waals surface area (Å²) in [5.41, 5.74) is 6.11. The molecule has 0 atom stereocenters. The SMILES string of the molecule is F.F.F.Nc1ccc(Cl)cc1. The predicted molar refractivity (Wildman–Crippen MR) is 43.4 cm³/mol. The van der Waals surface area contributed by atoms with Gasteiger partial charge in [-0.25, -0.2) is 0 Å². The van der Waals surface area contributed by atoms with Crippen LogP contribution in [0.1, 0.15) is 0 Å². The summed E-state index contributed by atoms with van der Waals surface area (Å²) in [4.78, 5) is 0. The first-order valence-corrected chi connectivity index (χ1v) is 2.68. The van der Waals surface area contributed by atoms with Gasteiger partial charge < -0.3 is 5.73 Å². The van der Waals surface area contributed by atoms with E-state index in [0.717, 1.165) is 10.7 Å². The molecule has 5 heteroatoms. The molecule has 66 valence electrons. The average molecular weight is 188 g/mol. The zero-order valence-electron chi connectivity index (χ0n) is 5.49. The van der Waals surface area contributed by atoms with Crippen LogP contribution in [0.3, 0.4) is 0 Å². The summed E-state index contributed by atoms with van der Waals surface area (Å²) in [5.74, 6) is 0. The highest BCUT2D eigenvalue weighted by Crippen LogP contribution is 2.09. The van der Waals surface area contributed by atoms with Crippen molar-refractivity contribution in [1.82, 2.24) is 0 Å². The van der Waals surface area contributed by atoms with Gasteiger partial charge in [-0.05, 0) is 24.3 Å². The largest absolute Gasteiger partial charge is 0.399 e. The van der Waals surface area contributed by atoms with Crippen LogP contribution in [0.25, 0.3) is 0 Å². The Morgan fingerprint density at radius 2 is 1.27 bits per heavy atom. The normalized spacial score (nSPS) is 6.64. The van der Waals surface area contributed by atoms with Crippen LogP contribution in [-0.4, -0.2) is 0 Å². The first kappa shape index (κ1) is 16.6. The Hall–Kier alpha value is -0.900. The Labute approximate surface area is 67.3 Å². The van der Waals surface area contributed by atoms with Gasteiger partial charge in [-0.2, -0.15) is 0 Å². The maximum Gasteiger partial charge on any atom is 0.0407 e. The van der Waals surface area contributed by atoms with Crippen LogP contribution in [0.5, 0.6) is 0 Å². The molecule has 0 fully saturated rings. The molecule has 0 aliphatic carbocycles. The molecule has 0 bridgehead atoms. The zero-order valence-corrected chi connectivity index (χ0v) is 6.25. The first-order chi connectivity index (χ1) is 3.79. The summed E-state index contributed by atoms with van der Waals surface area (Å²) >= 11 is 5.56. The molecule has 0 spiro atoms. The van der Waals surface area contributed by atoms with Gasteiger partial charge in [0.2, 0.25) is 0 Å². The van der Waals surface area contributed by atoms with Gasteiger partial charge in [0, 0.05) is 10.7 Å².